The smallest absolute Gasteiger partial charge is 0.246 e. The molecule has 0 radical (unpaired) electrons. The van der Waals surface area contributed by atoms with E-state index in [1.54, 1.807) is 0 Å². The zero-order valence-electron chi connectivity index (χ0n) is 11.1. The Hall–Kier alpha value is -1.99. The van der Waals surface area contributed by atoms with Gasteiger partial charge in [-0.2, -0.15) is 0 Å². The number of rotatable bonds is 6. The van der Waals surface area contributed by atoms with Crippen molar-refractivity contribution in [1.29, 1.82) is 0 Å². The molecule has 0 fully saturated rings. The number of hydrogen-bond acceptors (Lipinski definition) is 6. The molecule has 3 N–H and O–H groups in total. The number of nitrogens with zero attached hydrogens (tertiary/aromatic N) is 2. The minimum Gasteiger partial charge on any atom is -0.374 e. The Bertz CT molecular complexity index is 559. The number of amides is 1. The quantitative estimate of drug-likeness (QED) is 0.842. The predicted molar refractivity (Wildman–Crippen MR) is 77.0 cm³/mol. The first-order chi connectivity index (χ1) is 9.65. The second-order valence-electron chi connectivity index (χ2n) is 4.25. The van der Waals surface area contributed by atoms with Crippen molar-refractivity contribution in [3.63, 3.8) is 0 Å². The SMILES string of the molecule is C[C@@H](NC(=O)COCc1ccccc1)c1nnc(N)s1. The number of nitrogens with one attached hydrogen (secondary N) is 1. The zero-order valence-corrected chi connectivity index (χ0v) is 11.9. The molecule has 2 aromatic rings. The highest BCUT2D eigenvalue weighted by molar-refractivity contribution is 7.15. The van der Waals surface area contributed by atoms with Crippen LogP contribution in [0.15, 0.2) is 30.3 Å². The lowest BCUT2D eigenvalue weighted by Gasteiger charge is -2.10. The number of carbonyl (C=O) groups excluding carboxylic acids is 1. The van der Waals surface area contributed by atoms with E-state index in [4.69, 9.17) is 10.5 Å². The average Bonchev–Trinajstić information content (AvgIpc) is 2.87. The second kappa shape index (κ2) is 6.97. The Morgan fingerprint density at radius 1 is 1.40 bits per heavy atom. The van der Waals surface area contributed by atoms with E-state index in [1.807, 2.05) is 37.3 Å². The summed E-state index contributed by atoms with van der Waals surface area (Å²) in [6, 6.07) is 9.47. The van der Waals surface area contributed by atoms with Gasteiger partial charge in [0.2, 0.25) is 11.0 Å². The molecule has 1 aromatic heterocycles. The summed E-state index contributed by atoms with van der Waals surface area (Å²) in [6.07, 6.45) is 0. The van der Waals surface area contributed by atoms with Crippen molar-refractivity contribution in [3.05, 3.63) is 40.9 Å². The summed E-state index contributed by atoms with van der Waals surface area (Å²) in [5.74, 6) is -0.192. The lowest BCUT2D eigenvalue weighted by atomic mass is 10.2. The van der Waals surface area contributed by atoms with Gasteiger partial charge < -0.3 is 15.8 Å². The van der Waals surface area contributed by atoms with Crippen molar-refractivity contribution in [2.24, 2.45) is 0 Å². The van der Waals surface area contributed by atoms with E-state index in [1.165, 1.54) is 11.3 Å². The second-order valence-corrected chi connectivity index (χ2v) is 5.29. The molecular weight excluding hydrogens is 276 g/mol. The summed E-state index contributed by atoms with van der Waals surface area (Å²) >= 11 is 1.26. The fraction of sp³-hybridized carbons (Fsp3) is 0.308. The Morgan fingerprint density at radius 2 is 2.15 bits per heavy atom. The first-order valence-corrected chi connectivity index (χ1v) is 6.96. The van der Waals surface area contributed by atoms with Gasteiger partial charge in [-0.05, 0) is 12.5 Å². The third-order valence-electron chi connectivity index (χ3n) is 2.55. The van der Waals surface area contributed by atoms with Crippen molar-refractivity contribution in [3.8, 4) is 0 Å². The van der Waals surface area contributed by atoms with Gasteiger partial charge >= 0.3 is 0 Å². The standard InChI is InChI=1S/C13H16N4O2S/c1-9(12-16-17-13(14)20-12)15-11(18)8-19-7-10-5-3-2-4-6-10/h2-6,9H,7-8H2,1H3,(H2,14,17)(H,15,18)/t9-/m1/s1. The van der Waals surface area contributed by atoms with Gasteiger partial charge in [0.05, 0.1) is 12.6 Å². The highest BCUT2D eigenvalue weighted by Crippen LogP contribution is 2.18. The minimum atomic E-state index is -0.224. The maximum Gasteiger partial charge on any atom is 0.246 e. The fourth-order valence-electron chi connectivity index (χ4n) is 1.60. The molecule has 1 amide bonds. The van der Waals surface area contributed by atoms with E-state index in [2.05, 4.69) is 15.5 Å². The minimum absolute atomic E-state index is 0.00746. The molecule has 0 unspecified atom stereocenters. The van der Waals surface area contributed by atoms with Crippen LogP contribution in [0.25, 0.3) is 0 Å². The molecule has 20 heavy (non-hydrogen) atoms. The number of carbonyl (C=O) groups is 1. The van der Waals surface area contributed by atoms with Gasteiger partial charge in [0.25, 0.3) is 0 Å². The van der Waals surface area contributed by atoms with E-state index < -0.39 is 0 Å². The lowest BCUT2D eigenvalue weighted by Crippen LogP contribution is -2.30. The van der Waals surface area contributed by atoms with Crippen molar-refractivity contribution in [1.82, 2.24) is 15.5 Å². The Kier molecular flexibility index (Phi) is 5.03. The highest BCUT2D eigenvalue weighted by Gasteiger charge is 2.13. The normalized spacial score (nSPS) is 12.1. The van der Waals surface area contributed by atoms with Crippen LogP contribution in [0.2, 0.25) is 0 Å². The zero-order chi connectivity index (χ0) is 14.4. The molecule has 1 heterocycles. The van der Waals surface area contributed by atoms with Crippen molar-refractivity contribution >= 4 is 22.4 Å². The summed E-state index contributed by atoms with van der Waals surface area (Å²) in [7, 11) is 0. The summed E-state index contributed by atoms with van der Waals surface area (Å²) in [6.45, 7) is 2.25. The predicted octanol–water partition coefficient (Wildman–Crippen LogP) is 1.51. The molecule has 0 saturated carbocycles. The van der Waals surface area contributed by atoms with Crippen LogP contribution in [-0.4, -0.2) is 22.7 Å². The summed E-state index contributed by atoms with van der Waals surface area (Å²) in [4.78, 5) is 11.7. The molecule has 1 atom stereocenters. The highest BCUT2D eigenvalue weighted by atomic mass is 32.1. The van der Waals surface area contributed by atoms with E-state index in [9.17, 15) is 4.79 Å². The number of ether oxygens (including phenoxy) is 1. The Labute approximate surface area is 121 Å². The molecule has 106 valence electrons. The fourth-order valence-corrected chi connectivity index (χ4v) is 2.22. The molecule has 0 spiro atoms. The number of aromatic nitrogens is 2. The number of nitrogen functional groups attached to an aromatic ring is 1. The first-order valence-electron chi connectivity index (χ1n) is 6.15. The van der Waals surface area contributed by atoms with Gasteiger partial charge in [0.1, 0.15) is 11.6 Å². The average molecular weight is 292 g/mol. The maximum absolute atomic E-state index is 11.7. The van der Waals surface area contributed by atoms with Gasteiger partial charge in [-0.1, -0.05) is 41.7 Å². The van der Waals surface area contributed by atoms with Gasteiger partial charge in [0, 0.05) is 0 Å². The third-order valence-corrected chi connectivity index (χ3v) is 3.48. The largest absolute Gasteiger partial charge is 0.374 e. The molecule has 0 bridgehead atoms. The molecule has 0 aliphatic carbocycles. The van der Waals surface area contributed by atoms with Crippen LogP contribution in [0.3, 0.4) is 0 Å². The number of nitrogens with two attached hydrogens (primary N) is 1. The van der Waals surface area contributed by atoms with E-state index in [0.717, 1.165) is 5.56 Å². The molecule has 7 heteroatoms. The lowest BCUT2D eigenvalue weighted by molar-refractivity contribution is -0.126. The maximum atomic E-state index is 11.7. The van der Waals surface area contributed by atoms with Crippen molar-refractivity contribution in [2.75, 3.05) is 12.3 Å². The Morgan fingerprint density at radius 3 is 2.80 bits per heavy atom. The number of benzene rings is 1. The van der Waals surface area contributed by atoms with Crippen LogP contribution in [0.4, 0.5) is 5.13 Å². The van der Waals surface area contributed by atoms with Crippen LogP contribution >= 0.6 is 11.3 Å². The van der Waals surface area contributed by atoms with Crippen LogP contribution in [0, 0.1) is 0 Å². The molecule has 0 aliphatic heterocycles. The van der Waals surface area contributed by atoms with Gasteiger partial charge in [-0.25, -0.2) is 0 Å². The topological polar surface area (TPSA) is 90.1 Å². The van der Waals surface area contributed by atoms with E-state index in [-0.39, 0.29) is 18.6 Å². The monoisotopic (exact) mass is 292 g/mol. The molecule has 1 aromatic carbocycles. The molecule has 6 nitrogen and oxygen atoms in total. The van der Waals surface area contributed by atoms with Crippen LogP contribution in [-0.2, 0) is 16.1 Å². The molecule has 2 rings (SSSR count). The summed E-state index contributed by atoms with van der Waals surface area (Å²) in [5, 5.41) is 11.4. The van der Waals surface area contributed by atoms with Crippen LogP contribution in [0.5, 0.6) is 0 Å². The number of hydrogen-bond donors (Lipinski definition) is 2. The summed E-state index contributed by atoms with van der Waals surface area (Å²) < 4.78 is 5.35. The first kappa shape index (κ1) is 14.4. The molecular formula is C13H16N4O2S. The number of anilines is 1. The van der Waals surface area contributed by atoms with Crippen LogP contribution < -0.4 is 11.1 Å². The molecule has 0 saturated heterocycles. The van der Waals surface area contributed by atoms with Gasteiger partial charge in [-0.15, -0.1) is 10.2 Å². The third kappa shape index (κ3) is 4.29. The Balaban J connectivity index is 1.73. The van der Waals surface area contributed by atoms with Gasteiger partial charge in [-0.3, -0.25) is 4.79 Å². The molecule has 0 aliphatic rings. The van der Waals surface area contributed by atoms with Crippen molar-refractivity contribution in [2.45, 2.75) is 19.6 Å². The van der Waals surface area contributed by atoms with Crippen molar-refractivity contribution < 1.29 is 9.53 Å². The van der Waals surface area contributed by atoms with E-state index >= 15 is 0 Å². The summed E-state index contributed by atoms with van der Waals surface area (Å²) in [5.41, 5.74) is 6.53. The van der Waals surface area contributed by atoms with E-state index in [0.29, 0.717) is 16.7 Å². The van der Waals surface area contributed by atoms with Crippen LogP contribution in [0.1, 0.15) is 23.5 Å². The van der Waals surface area contributed by atoms with Gasteiger partial charge in [0.15, 0.2) is 0 Å².